The summed E-state index contributed by atoms with van der Waals surface area (Å²) < 4.78 is 0. The van der Waals surface area contributed by atoms with Crippen LogP contribution in [0.4, 0.5) is 11.4 Å². The number of rotatable bonds is 4. The number of nitro groups is 1. The summed E-state index contributed by atoms with van der Waals surface area (Å²) in [6.07, 6.45) is 0. The van der Waals surface area contributed by atoms with Crippen molar-refractivity contribution in [2.24, 2.45) is 10.7 Å². The molecule has 102 valence electrons. The summed E-state index contributed by atoms with van der Waals surface area (Å²) in [7, 11) is 0. The molecular weight excluding hydrogens is 256 g/mol. The Bertz CT molecular complexity index is 626. The van der Waals surface area contributed by atoms with Gasteiger partial charge < -0.3 is 11.1 Å². The van der Waals surface area contributed by atoms with Gasteiger partial charge in [-0.2, -0.15) is 0 Å². The molecule has 0 unspecified atom stereocenters. The minimum Gasteiger partial charge on any atom is -0.370 e. The maximum atomic E-state index is 10.9. The van der Waals surface area contributed by atoms with Crippen LogP contribution in [0.2, 0.25) is 0 Å². The van der Waals surface area contributed by atoms with E-state index in [2.05, 4.69) is 10.3 Å². The lowest BCUT2D eigenvalue weighted by Gasteiger charge is -2.05. The molecule has 0 saturated carbocycles. The number of nitrogens with one attached hydrogen (secondary N) is 1. The molecule has 3 N–H and O–H groups in total. The normalized spacial score (nSPS) is 11.1. The van der Waals surface area contributed by atoms with Gasteiger partial charge in [0, 0.05) is 11.8 Å². The minimum atomic E-state index is -0.425. The quantitative estimate of drug-likeness (QED) is 0.386. The Kier molecular flexibility index (Phi) is 4.28. The van der Waals surface area contributed by atoms with Crippen molar-refractivity contribution in [3.05, 3.63) is 70.3 Å². The number of nitro benzene ring substituents is 1. The van der Waals surface area contributed by atoms with Crippen molar-refractivity contribution >= 4 is 17.3 Å². The Labute approximate surface area is 116 Å². The number of hydrogen-bond donors (Lipinski definition) is 2. The maximum absolute atomic E-state index is 10.9. The van der Waals surface area contributed by atoms with Crippen LogP contribution < -0.4 is 11.1 Å². The number of guanidine groups is 1. The summed E-state index contributed by atoms with van der Waals surface area (Å²) in [5, 5.41) is 13.8. The van der Waals surface area contributed by atoms with Gasteiger partial charge in [-0.25, -0.2) is 4.99 Å². The van der Waals surface area contributed by atoms with Crippen LogP contribution in [0.15, 0.2) is 59.6 Å². The van der Waals surface area contributed by atoms with Crippen LogP contribution in [0.1, 0.15) is 5.56 Å². The van der Waals surface area contributed by atoms with Crippen molar-refractivity contribution in [3.63, 3.8) is 0 Å². The molecule has 0 fully saturated rings. The van der Waals surface area contributed by atoms with Crippen molar-refractivity contribution in [2.75, 3.05) is 5.32 Å². The first kappa shape index (κ1) is 13.5. The van der Waals surface area contributed by atoms with Crippen molar-refractivity contribution < 1.29 is 4.92 Å². The van der Waals surface area contributed by atoms with Crippen LogP contribution in [0.5, 0.6) is 0 Å². The Morgan fingerprint density at radius 1 is 1.15 bits per heavy atom. The first-order chi connectivity index (χ1) is 9.66. The Hall–Kier alpha value is -2.89. The Balaban J connectivity index is 2.07. The number of benzene rings is 2. The number of hydrogen-bond acceptors (Lipinski definition) is 3. The van der Waals surface area contributed by atoms with Gasteiger partial charge in [-0.3, -0.25) is 10.1 Å². The third-order valence-corrected chi connectivity index (χ3v) is 2.65. The summed E-state index contributed by atoms with van der Waals surface area (Å²) >= 11 is 0. The van der Waals surface area contributed by atoms with E-state index < -0.39 is 4.92 Å². The van der Waals surface area contributed by atoms with E-state index in [9.17, 15) is 10.1 Å². The standard InChI is InChI=1S/C14H14N4O2/c15-14(17-12-7-2-1-3-8-12)16-10-11-6-4-5-9-13(11)18(19)20/h1-9H,10H2,(H3,15,16,17). The summed E-state index contributed by atoms with van der Waals surface area (Å²) in [5.74, 6) is 0.217. The topological polar surface area (TPSA) is 93.5 Å². The first-order valence-corrected chi connectivity index (χ1v) is 6.01. The molecule has 0 atom stereocenters. The molecular formula is C14H14N4O2. The summed E-state index contributed by atoms with van der Waals surface area (Å²) in [6, 6.07) is 15.8. The molecule has 0 aromatic heterocycles. The lowest BCUT2D eigenvalue weighted by molar-refractivity contribution is -0.385. The third-order valence-electron chi connectivity index (χ3n) is 2.65. The second kappa shape index (κ2) is 6.33. The molecule has 6 heteroatoms. The van der Waals surface area contributed by atoms with Gasteiger partial charge in [-0.05, 0) is 12.1 Å². The highest BCUT2D eigenvalue weighted by molar-refractivity contribution is 5.92. The molecule has 2 rings (SSSR count). The fourth-order valence-corrected chi connectivity index (χ4v) is 1.70. The van der Waals surface area contributed by atoms with Crippen LogP contribution in [-0.4, -0.2) is 10.9 Å². The molecule has 0 aliphatic rings. The molecule has 2 aromatic carbocycles. The zero-order valence-electron chi connectivity index (χ0n) is 10.7. The van der Waals surface area contributed by atoms with Gasteiger partial charge in [0.05, 0.1) is 17.0 Å². The average Bonchev–Trinajstić information content (AvgIpc) is 2.46. The number of aliphatic imine (C=N–C) groups is 1. The van der Waals surface area contributed by atoms with E-state index in [1.54, 1.807) is 18.2 Å². The largest absolute Gasteiger partial charge is 0.370 e. The van der Waals surface area contributed by atoms with Crippen LogP contribution >= 0.6 is 0 Å². The zero-order valence-corrected chi connectivity index (χ0v) is 10.7. The Morgan fingerprint density at radius 2 is 1.80 bits per heavy atom. The molecule has 0 amide bonds. The fraction of sp³-hybridized carbons (Fsp3) is 0.0714. The van der Waals surface area contributed by atoms with Gasteiger partial charge in [0.25, 0.3) is 5.69 Å². The second-order valence-electron chi connectivity index (χ2n) is 4.08. The zero-order chi connectivity index (χ0) is 14.4. The van der Waals surface area contributed by atoms with Crippen molar-refractivity contribution in [1.29, 1.82) is 0 Å². The van der Waals surface area contributed by atoms with Crippen LogP contribution in [0.25, 0.3) is 0 Å². The summed E-state index contributed by atoms with van der Waals surface area (Å²) in [6.45, 7) is 0.156. The van der Waals surface area contributed by atoms with E-state index in [-0.39, 0.29) is 18.2 Å². The fourth-order valence-electron chi connectivity index (χ4n) is 1.70. The number of anilines is 1. The van der Waals surface area contributed by atoms with Crippen LogP contribution in [0, 0.1) is 10.1 Å². The van der Waals surface area contributed by atoms with Crippen molar-refractivity contribution in [3.8, 4) is 0 Å². The van der Waals surface area contributed by atoms with E-state index in [1.165, 1.54) is 6.07 Å². The molecule has 0 aliphatic heterocycles. The molecule has 0 aliphatic carbocycles. The predicted octanol–water partition coefficient (Wildman–Crippen LogP) is 2.52. The summed E-state index contributed by atoms with van der Waals surface area (Å²) in [5.41, 5.74) is 7.13. The van der Waals surface area contributed by atoms with E-state index in [0.717, 1.165) is 5.69 Å². The van der Waals surface area contributed by atoms with Crippen molar-refractivity contribution in [1.82, 2.24) is 0 Å². The predicted molar refractivity (Wildman–Crippen MR) is 78.5 cm³/mol. The second-order valence-corrected chi connectivity index (χ2v) is 4.08. The number of nitrogens with two attached hydrogens (primary N) is 1. The average molecular weight is 270 g/mol. The van der Waals surface area contributed by atoms with Gasteiger partial charge >= 0.3 is 0 Å². The van der Waals surface area contributed by atoms with Crippen molar-refractivity contribution in [2.45, 2.75) is 6.54 Å². The molecule has 20 heavy (non-hydrogen) atoms. The van der Waals surface area contributed by atoms with E-state index in [4.69, 9.17) is 5.73 Å². The monoisotopic (exact) mass is 270 g/mol. The molecule has 0 radical (unpaired) electrons. The molecule has 0 saturated heterocycles. The van der Waals surface area contributed by atoms with Crippen LogP contribution in [-0.2, 0) is 6.54 Å². The maximum Gasteiger partial charge on any atom is 0.274 e. The highest BCUT2D eigenvalue weighted by Crippen LogP contribution is 2.18. The molecule has 0 heterocycles. The van der Waals surface area contributed by atoms with E-state index >= 15 is 0 Å². The Morgan fingerprint density at radius 3 is 2.50 bits per heavy atom. The minimum absolute atomic E-state index is 0.0451. The third kappa shape index (κ3) is 3.55. The number of nitrogens with zero attached hydrogens (tertiary/aromatic N) is 2. The number of para-hydroxylation sites is 2. The molecule has 0 bridgehead atoms. The first-order valence-electron chi connectivity index (χ1n) is 6.01. The van der Waals surface area contributed by atoms with Crippen LogP contribution in [0.3, 0.4) is 0 Å². The lowest BCUT2D eigenvalue weighted by atomic mass is 10.2. The van der Waals surface area contributed by atoms with Gasteiger partial charge in [0.1, 0.15) is 0 Å². The summed E-state index contributed by atoms with van der Waals surface area (Å²) in [4.78, 5) is 14.6. The highest BCUT2D eigenvalue weighted by atomic mass is 16.6. The van der Waals surface area contributed by atoms with Gasteiger partial charge in [-0.1, -0.05) is 36.4 Å². The van der Waals surface area contributed by atoms with E-state index in [1.807, 2.05) is 30.3 Å². The smallest absolute Gasteiger partial charge is 0.274 e. The van der Waals surface area contributed by atoms with E-state index in [0.29, 0.717) is 5.56 Å². The SMILES string of the molecule is NC(=NCc1ccccc1[N+](=O)[O-])Nc1ccccc1. The lowest BCUT2D eigenvalue weighted by Crippen LogP contribution is -2.22. The molecule has 6 nitrogen and oxygen atoms in total. The van der Waals surface area contributed by atoms with Gasteiger partial charge in [-0.15, -0.1) is 0 Å². The van der Waals surface area contributed by atoms with Gasteiger partial charge in [0.2, 0.25) is 0 Å². The molecule has 2 aromatic rings. The van der Waals surface area contributed by atoms with Gasteiger partial charge in [0.15, 0.2) is 5.96 Å². The highest BCUT2D eigenvalue weighted by Gasteiger charge is 2.11. The molecule has 0 spiro atoms.